The maximum atomic E-state index is 11.5. The zero-order chi connectivity index (χ0) is 9.78. The summed E-state index contributed by atoms with van der Waals surface area (Å²) < 4.78 is 21.5. The molecule has 0 saturated heterocycles. The van der Waals surface area contributed by atoms with Crippen molar-refractivity contribution in [2.45, 2.75) is 39.9 Å². The number of hydrogen-bond donors (Lipinski definition) is 1. The van der Waals surface area contributed by atoms with Gasteiger partial charge in [0, 0.05) is 0 Å². The van der Waals surface area contributed by atoms with Gasteiger partial charge < -0.3 is 14.2 Å². The van der Waals surface area contributed by atoms with Crippen molar-refractivity contribution in [3.8, 4) is 0 Å². The van der Waals surface area contributed by atoms with Crippen molar-refractivity contribution >= 4 is 7.60 Å². The van der Waals surface area contributed by atoms with E-state index in [4.69, 9.17) is 14.2 Å². The van der Waals surface area contributed by atoms with E-state index >= 15 is 0 Å². The number of rotatable bonds is 5. The fraction of sp³-hybridized carbons (Fsp3) is 1.00. The van der Waals surface area contributed by atoms with E-state index in [0.29, 0.717) is 0 Å². The Balaban J connectivity index is 4.15. The van der Waals surface area contributed by atoms with Gasteiger partial charge in [-0.05, 0) is 27.7 Å². The molecule has 0 aromatic heterocycles. The van der Waals surface area contributed by atoms with Crippen LogP contribution < -0.4 is 0 Å². The third-order valence-corrected chi connectivity index (χ3v) is 2.75. The van der Waals surface area contributed by atoms with Gasteiger partial charge in [0.05, 0.1) is 12.2 Å². The van der Waals surface area contributed by atoms with Crippen LogP contribution in [-0.2, 0) is 13.6 Å². The lowest BCUT2D eigenvalue weighted by atomic mass is 10.5. The van der Waals surface area contributed by atoms with Crippen molar-refractivity contribution in [1.82, 2.24) is 0 Å². The summed E-state index contributed by atoms with van der Waals surface area (Å²) in [6, 6.07) is 0. The first-order chi connectivity index (χ1) is 5.39. The highest BCUT2D eigenvalue weighted by molar-refractivity contribution is 7.53. The lowest BCUT2D eigenvalue weighted by Crippen LogP contribution is -2.09. The van der Waals surface area contributed by atoms with Gasteiger partial charge in [-0.25, -0.2) is 0 Å². The Labute approximate surface area is 73.4 Å². The van der Waals surface area contributed by atoms with Crippen molar-refractivity contribution in [3.05, 3.63) is 0 Å². The predicted molar refractivity (Wildman–Crippen MR) is 47.1 cm³/mol. The van der Waals surface area contributed by atoms with Crippen molar-refractivity contribution < 1.29 is 18.7 Å². The standard InChI is InChI=1S/C7H17O4P/c1-6(2)10-12(9,5-8)11-7(3)4/h6-8H,5H2,1-4H3. The molecule has 4 nitrogen and oxygen atoms in total. The molecule has 0 aliphatic carbocycles. The van der Waals surface area contributed by atoms with Crippen molar-refractivity contribution in [3.63, 3.8) is 0 Å². The summed E-state index contributed by atoms with van der Waals surface area (Å²) >= 11 is 0. The van der Waals surface area contributed by atoms with E-state index in [1.165, 1.54) is 0 Å². The molecule has 0 aliphatic heterocycles. The molecule has 12 heavy (non-hydrogen) atoms. The van der Waals surface area contributed by atoms with Gasteiger partial charge in [0.15, 0.2) is 0 Å². The van der Waals surface area contributed by atoms with Crippen molar-refractivity contribution in [2.24, 2.45) is 0 Å². The summed E-state index contributed by atoms with van der Waals surface area (Å²) in [5.74, 6) is 0. The molecular formula is C7H17O4P. The summed E-state index contributed by atoms with van der Waals surface area (Å²) in [5, 5.41) is 8.77. The van der Waals surface area contributed by atoms with Gasteiger partial charge >= 0.3 is 7.60 Å². The average molecular weight is 196 g/mol. The molecule has 0 amide bonds. The molecule has 0 aromatic rings. The van der Waals surface area contributed by atoms with E-state index in [0.717, 1.165) is 0 Å². The molecule has 0 fully saturated rings. The zero-order valence-corrected chi connectivity index (χ0v) is 8.88. The number of hydrogen-bond acceptors (Lipinski definition) is 4. The van der Waals surface area contributed by atoms with E-state index in [1.54, 1.807) is 27.7 Å². The van der Waals surface area contributed by atoms with Crippen molar-refractivity contribution in [2.75, 3.05) is 6.35 Å². The second-order valence-electron chi connectivity index (χ2n) is 3.06. The predicted octanol–water partition coefficient (Wildman–Crippen LogP) is 1.98. The molecule has 0 atom stereocenters. The van der Waals surface area contributed by atoms with Gasteiger partial charge in [-0.1, -0.05) is 0 Å². The smallest absolute Gasteiger partial charge is 0.356 e. The first-order valence-corrected chi connectivity index (χ1v) is 5.69. The molecule has 74 valence electrons. The second-order valence-corrected chi connectivity index (χ2v) is 4.99. The lowest BCUT2D eigenvalue weighted by molar-refractivity contribution is 0.126. The van der Waals surface area contributed by atoms with Crippen LogP contribution >= 0.6 is 7.60 Å². The van der Waals surface area contributed by atoms with Crippen LogP contribution in [0.3, 0.4) is 0 Å². The highest BCUT2D eigenvalue weighted by Crippen LogP contribution is 2.49. The zero-order valence-electron chi connectivity index (χ0n) is 7.98. The molecule has 0 aromatic carbocycles. The second kappa shape index (κ2) is 4.97. The van der Waals surface area contributed by atoms with Crippen molar-refractivity contribution in [1.29, 1.82) is 0 Å². The van der Waals surface area contributed by atoms with Gasteiger partial charge in [-0.2, -0.15) is 0 Å². The monoisotopic (exact) mass is 196 g/mol. The Bertz CT molecular complexity index is 153. The summed E-state index contributed by atoms with van der Waals surface area (Å²) in [4.78, 5) is 0. The maximum Gasteiger partial charge on any atom is 0.356 e. The quantitative estimate of drug-likeness (QED) is 0.683. The Morgan fingerprint density at radius 1 is 1.17 bits per heavy atom. The van der Waals surface area contributed by atoms with Crippen LogP contribution in [0.5, 0.6) is 0 Å². The van der Waals surface area contributed by atoms with E-state index in [9.17, 15) is 4.57 Å². The molecule has 0 rings (SSSR count). The molecule has 0 heterocycles. The van der Waals surface area contributed by atoms with Crippen LogP contribution in [0.2, 0.25) is 0 Å². The molecule has 0 saturated carbocycles. The Morgan fingerprint density at radius 2 is 1.50 bits per heavy atom. The van der Waals surface area contributed by atoms with Crippen LogP contribution in [0.25, 0.3) is 0 Å². The minimum atomic E-state index is -3.26. The van der Waals surface area contributed by atoms with Crippen LogP contribution in [0.1, 0.15) is 27.7 Å². The van der Waals surface area contributed by atoms with Gasteiger partial charge in [-0.3, -0.25) is 4.57 Å². The largest absolute Gasteiger partial charge is 0.384 e. The molecule has 0 aliphatic rings. The van der Waals surface area contributed by atoms with Gasteiger partial charge in [0.25, 0.3) is 0 Å². The summed E-state index contributed by atoms with van der Waals surface area (Å²) in [6.45, 7) is 6.97. The van der Waals surface area contributed by atoms with Gasteiger partial charge in [0.1, 0.15) is 6.35 Å². The average Bonchev–Trinajstić information content (AvgIpc) is 1.83. The highest BCUT2D eigenvalue weighted by Gasteiger charge is 2.26. The topological polar surface area (TPSA) is 55.8 Å². The molecule has 0 unspecified atom stereocenters. The first kappa shape index (κ1) is 12.1. The van der Waals surface area contributed by atoms with Gasteiger partial charge in [0.2, 0.25) is 0 Å². The Kier molecular flexibility index (Phi) is 5.02. The molecule has 5 heteroatoms. The summed E-state index contributed by atoms with van der Waals surface area (Å²) in [5.41, 5.74) is 0. The maximum absolute atomic E-state index is 11.5. The third-order valence-electron chi connectivity index (χ3n) is 0.916. The van der Waals surface area contributed by atoms with E-state index in [-0.39, 0.29) is 12.2 Å². The fourth-order valence-electron chi connectivity index (χ4n) is 0.734. The van der Waals surface area contributed by atoms with E-state index in [1.807, 2.05) is 0 Å². The van der Waals surface area contributed by atoms with Crippen LogP contribution in [0, 0.1) is 0 Å². The molecule has 0 bridgehead atoms. The molecular weight excluding hydrogens is 179 g/mol. The summed E-state index contributed by atoms with van der Waals surface area (Å²) in [6.07, 6.45) is -0.980. The lowest BCUT2D eigenvalue weighted by Gasteiger charge is -2.20. The highest BCUT2D eigenvalue weighted by atomic mass is 31.2. The van der Waals surface area contributed by atoms with Crippen LogP contribution in [-0.4, -0.2) is 23.7 Å². The SMILES string of the molecule is CC(C)OP(=O)(CO)OC(C)C. The normalized spacial score (nSPS) is 12.9. The molecule has 1 N–H and O–H groups in total. The minimum Gasteiger partial charge on any atom is -0.384 e. The number of aliphatic hydroxyl groups is 1. The van der Waals surface area contributed by atoms with Gasteiger partial charge in [-0.15, -0.1) is 0 Å². The Morgan fingerprint density at radius 3 is 1.67 bits per heavy atom. The number of aliphatic hydroxyl groups excluding tert-OH is 1. The fourth-order valence-corrected chi connectivity index (χ4v) is 2.20. The van der Waals surface area contributed by atoms with Crippen LogP contribution in [0.4, 0.5) is 0 Å². The molecule has 0 spiro atoms. The van der Waals surface area contributed by atoms with E-state index in [2.05, 4.69) is 0 Å². The van der Waals surface area contributed by atoms with Crippen LogP contribution in [0.15, 0.2) is 0 Å². The minimum absolute atomic E-state index is 0.207. The summed E-state index contributed by atoms with van der Waals surface area (Å²) in [7, 11) is -3.26. The third kappa shape index (κ3) is 4.88. The molecule has 0 radical (unpaired) electrons. The first-order valence-electron chi connectivity index (χ1n) is 3.96. The van der Waals surface area contributed by atoms with E-state index < -0.39 is 13.9 Å². The Hall–Kier alpha value is 0.110.